The zero-order valence-electron chi connectivity index (χ0n) is 14.5. The Hall–Kier alpha value is -2.49. The minimum atomic E-state index is 0.224. The average molecular weight is 323 g/mol. The Kier molecular flexibility index (Phi) is 5.04. The lowest BCUT2D eigenvalue weighted by Crippen LogP contribution is -2.36. The third-order valence-electron chi connectivity index (χ3n) is 4.54. The van der Waals surface area contributed by atoms with E-state index in [9.17, 15) is 4.79 Å². The Morgan fingerprint density at radius 3 is 2.50 bits per heavy atom. The summed E-state index contributed by atoms with van der Waals surface area (Å²) in [6.45, 7) is 2.23. The van der Waals surface area contributed by atoms with Crippen LogP contribution in [0, 0.1) is 0 Å². The third-order valence-corrected chi connectivity index (χ3v) is 4.54. The van der Waals surface area contributed by atoms with Crippen molar-refractivity contribution >= 4 is 17.3 Å². The number of amides is 1. The van der Waals surface area contributed by atoms with E-state index < -0.39 is 0 Å². The molecule has 0 spiro atoms. The van der Waals surface area contributed by atoms with E-state index in [1.54, 1.807) is 0 Å². The molecule has 2 aromatic rings. The van der Waals surface area contributed by atoms with E-state index in [0.717, 1.165) is 25.2 Å². The maximum Gasteiger partial charge on any atom is 0.224 e. The number of anilines is 2. The third kappa shape index (κ3) is 3.88. The van der Waals surface area contributed by atoms with Gasteiger partial charge in [-0.25, -0.2) is 0 Å². The maximum atomic E-state index is 12.4. The van der Waals surface area contributed by atoms with Crippen molar-refractivity contribution in [3.63, 3.8) is 0 Å². The van der Waals surface area contributed by atoms with Crippen molar-refractivity contribution in [1.82, 2.24) is 4.90 Å². The lowest BCUT2D eigenvalue weighted by atomic mass is 10.00. The highest BCUT2D eigenvalue weighted by Gasteiger charge is 2.19. The van der Waals surface area contributed by atoms with Crippen LogP contribution in [0.15, 0.2) is 48.5 Å². The van der Waals surface area contributed by atoms with Crippen LogP contribution in [0.25, 0.3) is 0 Å². The van der Waals surface area contributed by atoms with E-state index >= 15 is 0 Å². The molecule has 0 saturated carbocycles. The van der Waals surface area contributed by atoms with E-state index in [4.69, 9.17) is 0 Å². The molecular weight excluding hydrogens is 298 g/mol. The second-order valence-corrected chi connectivity index (χ2v) is 6.45. The summed E-state index contributed by atoms with van der Waals surface area (Å²) in [5, 5.41) is 3.33. The van der Waals surface area contributed by atoms with Crippen LogP contribution >= 0.6 is 0 Å². The quantitative estimate of drug-likeness (QED) is 0.918. The van der Waals surface area contributed by atoms with E-state index in [0.29, 0.717) is 13.0 Å². The monoisotopic (exact) mass is 323 g/mol. The summed E-state index contributed by atoms with van der Waals surface area (Å²) in [5.41, 5.74) is 4.88. The summed E-state index contributed by atoms with van der Waals surface area (Å²) in [7, 11) is 4.05. The van der Waals surface area contributed by atoms with Crippen molar-refractivity contribution in [3.05, 3.63) is 59.7 Å². The molecule has 0 fully saturated rings. The van der Waals surface area contributed by atoms with Gasteiger partial charge in [-0.05, 0) is 41.8 Å². The van der Waals surface area contributed by atoms with Gasteiger partial charge in [0.2, 0.25) is 5.91 Å². The van der Waals surface area contributed by atoms with Crippen molar-refractivity contribution in [2.45, 2.75) is 19.4 Å². The second kappa shape index (κ2) is 7.39. The Morgan fingerprint density at radius 2 is 1.79 bits per heavy atom. The fraction of sp³-hybridized carbons (Fsp3) is 0.350. The molecular formula is C20H25N3O. The number of carbonyl (C=O) groups excluding carboxylic acids is 1. The van der Waals surface area contributed by atoms with E-state index in [1.165, 1.54) is 16.8 Å². The van der Waals surface area contributed by atoms with Gasteiger partial charge in [-0.1, -0.05) is 24.3 Å². The smallest absolute Gasteiger partial charge is 0.224 e. The predicted molar refractivity (Wildman–Crippen MR) is 99.4 cm³/mol. The summed E-state index contributed by atoms with van der Waals surface area (Å²) in [4.78, 5) is 16.5. The van der Waals surface area contributed by atoms with Crippen molar-refractivity contribution in [1.29, 1.82) is 0 Å². The minimum absolute atomic E-state index is 0.224. The summed E-state index contributed by atoms with van der Waals surface area (Å²) < 4.78 is 0. The molecule has 1 heterocycles. The zero-order chi connectivity index (χ0) is 16.9. The molecule has 2 aromatic carbocycles. The van der Waals surface area contributed by atoms with Gasteiger partial charge >= 0.3 is 0 Å². The number of nitrogens with zero attached hydrogens (tertiary/aromatic N) is 2. The highest BCUT2D eigenvalue weighted by Crippen LogP contribution is 2.19. The maximum absolute atomic E-state index is 12.4. The Balaban J connectivity index is 1.48. The number of carbonyl (C=O) groups is 1. The SMILES string of the molecule is CN(C)c1ccc(NCCC(=O)N2CCc3ccccc3C2)cc1. The normalized spacial score (nSPS) is 13.3. The molecule has 4 heteroatoms. The molecule has 1 amide bonds. The molecule has 4 nitrogen and oxygen atoms in total. The van der Waals surface area contributed by atoms with E-state index in [2.05, 4.69) is 52.7 Å². The van der Waals surface area contributed by atoms with Gasteiger partial charge in [-0.2, -0.15) is 0 Å². The molecule has 0 saturated heterocycles. The number of benzene rings is 2. The van der Waals surface area contributed by atoms with Crippen molar-refractivity contribution in [2.75, 3.05) is 37.4 Å². The Bertz CT molecular complexity index is 694. The molecule has 0 unspecified atom stereocenters. The second-order valence-electron chi connectivity index (χ2n) is 6.45. The van der Waals surface area contributed by atoms with Crippen LogP contribution in [0.2, 0.25) is 0 Å². The molecule has 0 aromatic heterocycles. The largest absolute Gasteiger partial charge is 0.385 e. The first-order valence-electron chi connectivity index (χ1n) is 8.49. The van der Waals surface area contributed by atoms with Gasteiger partial charge in [-0.3, -0.25) is 4.79 Å². The first kappa shape index (κ1) is 16.4. The molecule has 1 aliphatic rings. The highest BCUT2D eigenvalue weighted by atomic mass is 16.2. The van der Waals surface area contributed by atoms with Crippen LogP contribution < -0.4 is 10.2 Å². The van der Waals surface area contributed by atoms with Gasteiger partial charge in [-0.15, -0.1) is 0 Å². The molecule has 126 valence electrons. The van der Waals surface area contributed by atoms with Crippen molar-refractivity contribution < 1.29 is 4.79 Å². The fourth-order valence-corrected chi connectivity index (χ4v) is 3.06. The summed E-state index contributed by atoms with van der Waals surface area (Å²) in [5.74, 6) is 0.224. The van der Waals surface area contributed by atoms with Crippen LogP contribution in [0.3, 0.4) is 0 Å². The van der Waals surface area contributed by atoms with Crippen LogP contribution in [0.4, 0.5) is 11.4 Å². The molecule has 3 rings (SSSR count). The molecule has 0 aliphatic carbocycles. The molecule has 1 aliphatic heterocycles. The molecule has 1 N–H and O–H groups in total. The van der Waals surface area contributed by atoms with Crippen LogP contribution in [-0.2, 0) is 17.8 Å². The van der Waals surface area contributed by atoms with Gasteiger partial charge in [0.1, 0.15) is 0 Å². The van der Waals surface area contributed by atoms with Gasteiger partial charge in [0.25, 0.3) is 0 Å². The minimum Gasteiger partial charge on any atom is -0.385 e. The lowest BCUT2D eigenvalue weighted by molar-refractivity contribution is -0.131. The molecule has 0 radical (unpaired) electrons. The first-order valence-corrected chi connectivity index (χ1v) is 8.49. The van der Waals surface area contributed by atoms with E-state index in [1.807, 2.05) is 25.1 Å². The standard InChI is InChI=1S/C20H25N3O/c1-22(2)19-9-7-18(8-10-19)21-13-11-20(24)23-14-12-16-5-3-4-6-17(16)15-23/h3-10,21H,11-15H2,1-2H3. The van der Waals surface area contributed by atoms with Crippen LogP contribution in [-0.4, -0.2) is 38.0 Å². The van der Waals surface area contributed by atoms with Gasteiger partial charge in [0.15, 0.2) is 0 Å². The molecule has 24 heavy (non-hydrogen) atoms. The number of rotatable bonds is 5. The Morgan fingerprint density at radius 1 is 1.08 bits per heavy atom. The van der Waals surface area contributed by atoms with Crippen molar-refractivity contribution in [3.8, 4) is 0 Å². The lowest BCUT2D eigenvalue weighted by Gasteiger charge is -2.29. The highest BCUT2D eigenvalue weighted by molar-refractivity contribution is 5.77. The Labute approximate surface area is 144 Å². The van der Waals surface area contributed by atoms with Gasteiger partial charge < -0.3 is 15.1 Å². The molecule has 0 bridgehead atoms. The van der Waals surface area contributed by atoms with Crippen LogP contribution in [0.1, 0.15) is 17.5 Å². The average Bonchev–Trinajstić information content (AvgIpc) is 2.61. The molecule has 0 atom stereocenters. The number of nitrogens with one attached hydrogen (secondary N) is 1. The van der Waals surface area contributed by atoms with Crippen LogP contribution in [0.5, 0.6) is 0 Å². The first-order chi connectivity index (χ1) is 11.6. The zero-order valence-corrected chi connectivity index (χ0v) is 14.5. The van der Waals surface area contributed by atoms with Gasteiger partial charge in [0.05, 0.1) is 0 Å². The fourth-order valence-electron chi connectivity index (χ4n) is 3.06. The summed E-state index contributed by atoms with van der Waals surface area (Å²) in [6.07, 6.45) is 1.49. The van der Waals surface area contributed by atoms with E-state index in [-0.39, 0.29) is 5.91 Å². The number of hydrogen-bond donors (Lipinski definition) is 1. The summed E-state index contributed by atoms with van der Waals surface area (Å²) >= 11 is 0. The summed E-state index contributed by atoms with van der Waals surface area (Å²) in [6, 6.07) is 16.7. The van der Waals surface area contributed by atoms with Crippen molar-refractivity contribution in [2.24, 2.45) is 0 Å². The van der Waals surface area contributed by atoms with Gasteiger partial charge in [0, 0.05) is 51.5 Å². The predicted octanol–water partition coefficient (Wildman–Crippen LogP) is 3.14. The number of fused-ring (bicyclic) bond motifs is 1. The topological polar surface area (TPSA) is 35.6 Å². The number of hydrogen-bond acceptors (Lipinski definition) is 3.